The first-order valence-electron chi connectivity index (χ1n) is 9.08. The average Bonchev–Trinajstić information content (AvgIpc) is 2.83. The molecule has 2 atom stereocenters. The third-order valence-corrected chi connectivity index (χ3v) is 5.48. The van der Waals surface area contributed by atoms with Gasteiger partial charge in [0.05, 0.1) is 5.92 Å². The van der Waals surface area contributed by atoms with E-state index in [9.17, 15) is 9.90 Å². The van der Waals surface area contributed by atoms with Crippen LogP contribution < -0.4 is 0 Å². The summed E-state index contributed by atoms with van der Waals surface area (Å²) in [5.41, 5.74) is 0. The fourth-order valence-corrected chi connectivity index (χ4v) is 4.24. The third-order valence-electron chi connectivity index (χ3n) is 5.48. The van der Waals surface area contributed by atoms with Gasteiger partial charge < -0.3 is 5.11 Å². The summed E-state index contributed by atoms with van der Waals surface area (Å²) in [6.45, 7) is 5.64. The molecule has 0 bridgehead atoms. The number of aliphatic carboxylic acids is 1. The lowest BCUT2D eigenvalue weighted by molar-refractivity contribution is -0.145. The van der Waals surface area contributed by atoms with Gasteiger partial charge in [0.1, 0.15) is 0 Å². The van der Waals surface area contributed by atoms with Crippen LogP contribution in [-0.4, -0.2) is 34.6 Å². The van der Waals surface area contributed by atoms with E-state index in [1.54, 1.807) is 0 Å². The van der Waals surface area contributed by atoms with E-state index >= 15 is 0 Å². The molecule has 0 aromatic rings. The lowest BCUT2D eigenvalue weighted by Crippen LogP contribution is -2.48. The molecule has 0 amide bonds. The van der Waals surface area contributed by atoms with Crippen molar-refractivity contribution in [3.63, 3.8) is 0 Å². The molecule has 3 nitrogen and oxygen atoms in total. The summed E-state index contributed by atoms with van der Waals surface area (Å²) < 4.78 is 0. The molecule has 2 rings (SSSR count). The Bertz CT molecular complexity index is 323. The SMILES string of the molecule is CC(C)CCN(C1CCCC1)C1CCCCCC1C(=O)O. The minimum absolute atomic E-state index is 0.139. The van der Waals surface area contributed by atoms with Crippen LogP contribution in [0.3, 0.4) is 0 Å². The van der Waals surface area contributed by atoms with Gasteiger partial charge in [-0.25, -0.2) is 0 Å². The van der Waals surface area contributed by atoms with Crippen molar-refractivity contribution in [2.24, 2.45) is 11.8 Å². The van der Waals surface area contributed by atoms with Crippen molar-refractivity contribution in [3.8, 4) is 0 Å². The Morgan fingerprint density at radius 2 is 1.67 bits per heavy atom. The highest BCUT2D eigenvalue weighted by Crippen LogP contribution is 2.33. The molecule has 122 valence electrons. The number of hydrogen-bond donors (Lipinski definition) is 1. The Hall–Kier alpha value is -0.570. The first-order chi connectivity index (χ1) is 10.1. The zero-order chi connectivity index (χ0) is 15.2. The molecule has 0 aromatic heterocycles. The van der Waals surface area contributed by atoms with Gasteiger partial charge in [0, 0.05) is 12.1 Å². The van der Waals surface area contributed by atoms with Gasteiger partial charge in [-0.05, 0) is 44.6 Å². The molecular formula is C18H33NO2. The van der Waals surface area contributed by atoms with E-state index in [1.807, 2.05) is 0 Å². The van der Waals surface area contributed by atoms with Gasteiger partial charge in [0.2, 0.25) is 0 Å². The van der Waals surface area contributed by atoms with Crippen LogP contribution in [0, 0.1) is 11.8 Å². The molecule has 0 saturated heterocycles. The molecule has 0 aromatic carbocycles. The largest absolute Gasteiger partial charge is 0.481 e. The summed E-state index contributed by atoms with van der Waals surface area (Å²) in [5, 5.41) is 9.68. The van der Waals surface area contributed by atoms with Crippen molar-refractivity contribution in [1.29, 1.82) is 0 Å². The molecule has 2 aliphatic rings. The maximum absolute atomic E-state index is 11.7. The molecule has 0 radical (unpaired) electrons. The Kier molecular flexibility index (Phi) is 6.53. The van der Waals surface area contributed by atoms with Crippen LogP contribution in [0.1, 0.15) is 78.1 Å². The second-order valence-electron chi connectivity index (χ2n) is 7.51. The molecule has 2 aliphatic carbocycles. The van der Waals surface area contributed by atoms with E-state index in [4.69, 9.17) is 0 Å². The zero-order valence-corrected chi connectivity index (χ0v) is 13.9. The van der Waals surface area contributed by atoms with Crippen LogP contribution in [-0.2, 0) is 4.79 Å². The Balaban J connectivity index is 2.12. The lowest BCUT2D eigenvalue weighted by Gasteiger charge is -2.39. The number of carboxylic acid groups (broad SMARTS) is 1. The number of rotatable bonds is 6. The quantitative estimate of drug-likeness (QED) is 0.742. The van der Waals surface area contributed by atoms with Crippen molar-refractivity contribution < 1.29 is 9.90 Å². The second kappa shape index (κ2) is 8.17. The summed E-state index contributed by atoms with van der Waals surface area (Å²) >= 11 is 0. The second-order valence-corrected chi connectivity index (χ2v) is 7.51. The van der Waals surface area contributed by atoms with Crippen LogP contribution in [0.4, 0.5) is 0 Å². The standard InChI is InChI=1S/C18H33NO2/c1-14(2)12-13-19(15-8-6-7-9-15)17-11-5-3-4-10-16(17)18(20)21/h14-17H,3-13H2,1-2H3,(H,20,21). The first kappa shape index (κ1) is 16.8. The van der Waals surface area contributed by atoms with Crippen molar-refractivity contribution in [2.75, 3.05) is 6.54 Å². The number of carbonyl (C=O) groups is 1. The van der Waals surface area contributed by atoms with Crippen LogP contribution in [0.2, 0.25) is 0 Å². The molecule has 2 saturated carbocycles. The van der Waals surface area contributed by atoms with Gasteiger partial charge in [-0.15, -0.1) is 0 Å². The average molecular weight is 295 g/mol. The topological polar surface area (TPSA) is 40.5 Å². The lowest BCUT2D eigenvalue weighted by atomic mass is 9.91. The summed E-state index contributed by atoms with van der Waals surface area (Å²) in [7, 11) is 0. The Morgan fingerprint density at radius 1 is 1.05 bits per heavy atom. The zero-order valence-electron chi connectivity index (χ0n) is 13.9. The number of nitrogens with zero attached hydrogens (tertiary/aromatic N) is 1. The smallest absolute Gasteiger partial charge is 0.308 e. The van der Waals surface area contributed by atoms with Crippen molar-refractivity contribution in [2.45, 2.75) is 90.1 Å². The number of carboxylic acids is 1. The molecule has 2 fully saturated rings. The highest BCUT2D eigenvalue weighted by Gasteiger charge is 2.37. The van der Waals surface area contributed by atoms with E-state index in [0.29, 0.717) is 12.0 Å². The highest BCUT2D eigenvalue weighted by atomic mass is 16.4. The van der Waals surface area contributed by atoms with Crippen molar-refractivity contribution >= 4 is 5.97 Å². The molecule has 3 heteroatoms. The maximum Gasteiger partial charge on any atom is 0.308 e. The summed E-state index contributed by atoms with van der Waals surface area (Å²) in [6.07, 6.45) is 11.9. The predicted octanol–water partition coefficient (Wildman–Crippen LogP) is 4.31. The maximum atomic E-state index is 11.7. The fourth-order valence-electron chi connectivity index (χ4n) is 4.24. The monoisotopic (exact) mass is 295 g/mol. The van der Waals surface area contributed by atoms with E-state index in [0.717, 1.165) is 25.8 Å². The van der Waals surface area contributed by atoms with Gasteiger partial charge in [-0.2, -0.15) is 0 Å². The highest BCUT2D eigenvalue weighted by molar-refractivity contribution is 5.71. The van der Waals surface area contributed by atoms with E-state index in [1.165, 1.54) is 44.9 Å². The van der Waals surface area contributed by atoms with E-state index in [-0.39, 0.29) is 12.0 Å². The normalized spacial score (nSPS) is 28.2. The van der Waals surface area contributed by atoms with E-state index < -0.39 is 5.97 Å². The molecule has 2 unspecified atom stereocenters. The minimum atomic E-state index is -0.561. The van der Waals surface area contributed by atoms with Crippen LogP contribution >= 0.6 is 0 Å². The number of hydrogen-bond acceptors (Lipinski definition) is 2. The van der Waals surface area contributed by atoms with Crippen LogP contribution in [0.15, 0.2) is 0 Å². The Morgan fingerprint density at radius 3 is 2.29 bits per heavy atom. The van der Waals surface area contributed by atoms with E-state index in [2.05, 4.69) is 18.7 Å². The summed E-state index contributed by atoms with van der Waals surface area (Å²) in [4.78, 5) is 14.4. The van der Waals surface area contributed by atoms with Crippen LogP contribution in [0.25, 0.3) is 0 Å². The molecule has 1 N–H and O–H groups in total. The first-order valence-corrected chi connectivity index (χ1v) is 9.08. The van der Waals surface area contributed by atoms with Gasteiger partial charge in [-0.3, -0.25) is 9.69 Å². The van der Waals surface area contributed by atoms with Crippen molar-refractivity contribution in [1.82, 2.24) is 4.90 Å². The minimum Gasteiger partial charge on any atom is -0.481 e. The Labute approximate surface area is 130 Å². The van der Waals surface area contributed by atoms with Gasteiger partial charge in [0.25, 0.3) is 0 Å². The molecule has 0 aliphatic heterocycles. The molecule has 0 heterocycles. The third kappa shape index (κ3) is 4.70. The van der Waals surface area contributed by atoms with Crippen LogP contribution in [0.5, 0.6) is 0 Å². The van der Waals surface area contributed by atoms with Gasteiger partial charge in [0.15, 0.2) is 0 Å². The fraction of sp³-hybridized carbons (Fsp3) is 0.944. The molecule has 0 spiro atoms. The molecular weight excluding hydrogens is 262 g/mol. The predicted molar refractivity (Wildman–Crippen MR) is 86.4 cm³/mol. The van der Waals surface area contributed by atoms with Gasteiger partial charge >= 0.3 is 5.97 Å². The molecule has 21 heavy (non-hydrogen) atoms. The summed E-state index contributed by atoms with van der Waals surface area (Å²) in [6, 6.07) is 0.931. The van der Waals surface area contributed by atoms with Crippen molar-refractivity contribution in [3.05, 3.63) is 0 Å². The van der Waals surface area contributed by atoms with Gasteiger partial charge in [-0.1, -0.05) is 46.0 Å². The summed E-state index contributed by atoms with van der Waals surface area (Å²) in [5.74, 6) is -0.00216.